The monoisotopic (exact) mass is 349 g/mol. The molecule has 0 bridgehead atoms. The normalized spacial score (nSPS) is 18.0. The van der Waals surface area contributed by atoms with E-state index >= 15 is 0 Å². The molecule has 6 heteroatoms. The van der Waals surface area contributed by atoms with E-state index in [1.54, 1.807) is 12.5 Å². The summed E-state index contributed by atoms with van der Waals surface area (Å²) in [5.41, 5.74) is 9.38. The lowest BCUT2D eigenvalue weighted by Gasteiger charge is -2.22. The summed E-state index contributed by atoms with van der Waals surface area (Å²) in [5, 5.41) is 0. The molecule has 1 fully saturated rings. The Morgan fingerprint density at radius 3 is 2.88 bits per heavy atom. The topological polar surface area (TPSA) is 77.0 Å². The molecule has 4 rings (SSSR count). The Hall–Kier alpha value is -2.73. The first-order valence-corrected chi connectivity index (χ1v) is 9.10. The van der Waals surface area contributed by atoms with Gasteiger partial charge in [0.1, 0.15) is 5.52 Å². The van der Waals surface area contributed by atoms with Crippen LogP contribution in [0, 0.1) is 0 Å². The van der Waals surface area contributed by atoms with Gasteiger partial charge in [-0.05, 0) is 24.5 Å². The average Bonchev–Trinajstić information content (AvgIpc) is 2.92. The number of carbonyl (C=O) groups is 1. The van der Waals surface area contributed by atoms with E-state index in [0.717, 1.165) is 37.0 Å². The van der Waals surface area contributed by atoms with Crippen molar-refractivity contribution in [2.45, 2.75) is 31.8 Å². The number of likely N-dealkylation sites (tertiary alicyclic amines) is 1. The summed E-state index contributed by atoms with van der Waals surface area (Å²) in [5.74, 6) is -0.00522. The molecular weight excluding hydrogens is 326 g/mol. The van der Waals surface area contributed by atoms with Crippen LogP contribution in [0.2, 0.25) is 0 Å². The van der Waals surface area contributed by atoms with E-state index < -0.39 is 0 Å². The molecule has 134 valence electrons. The minimum Gasteiger partial charge on any atom is -0.337 e. The van der Waals surface area contributed by atoms with Crippen LogP contribution in [0.5, 0.6) is 0 Å². The van der Waals surface area contributed by atoms with Gasteiger partial charge in [-0.25, -0.2) is 9.97 Å². The quantitative estimate of drug-likeness (QED) is 0.788. The van der Waals surface area contributed by atoms with Crippen LogP contribution >= 0.6 is 0 Å². The fourth-order valence-corrected chi connectivity index (χ4v) is 3.50. The number of imidazole rings is 1. The number of nitrogens with two attached hydrogens (primary N) is 1. The van der Waals surface area contributed by atoms with E-state index in [1.807, 2.05) is 33.7 Å². The number of hydrogen-bond acceptors (Lipinski definition) is 4. The summed E-state index contributed by atoms with van der Waals surface area (Å²) < 4.78 is 2.00. The average molecular weight is 349 g/mol. The molecule has 0 radical (unpaired) electrons. The molecule has 1 aromatic carbocycles. The molecule has 26 heavy (non-hydrogen) atoms. The van der Waals surface area contributed by atoms with E-state index in [0.29, 0.717) is 18.7 Å². The number of rotatable bonds is 3. The van der Waals surface area contributed by atoms with Crippen LogP contribution in [-0.2, 0) is 6.54 Å². The van der Waals surface area contributed by atoms with E-state index in [9.17, 15) is 4.79 Å². The number of carbonyl (C=O) groups excluding carboxylic acids is 1. The zero-order valence-electron chi connectivity index (χ0n) is 14.7. The number of nitrogens with zero attached hydrogens (tertiary/aromatic N) is 4. The maximum atomic E-state index is 12.8. The zero-order valence-corrected chi connectivity index (χ0v) is 14.7. The maximum absolute atomic E-state index is 12.8. The molecule has 1 amide bonds. The Bertz CT molecular complexity index is 905. The number of pyridine rings is 1. The lowest BCUT2D eigenvalue weighted by molar-refractivity contribution is 0.0755. The number of benzene rings is 1. The largest absolute Gasteiger partial charge is 0.337 e. The highest BCUT2D eigenvalue weighted by molar-refractivity contribution is 5.96. The van der Waals surface area contributed by atoms with Gasteiger partial charge in [0, 0.05) is 25.3 Å². The Balaban J connectivity index is 1.57. The van der Waals surface area contributed by atoms with E-state index in [2.05, 4.69) is 22.1 Å². The van der Waals surface area contributed by atoms with Crippen LogP contribution in [0.3, 0.4) is 0 Å². The van der Waals surface area contributed by atoms with Crippen molar-refractivity contribution in [3.05, 3.63) is 60.0 Å². The van der Waals surface area contributed by atoms with Crippen LogP contribution in [0.4, 0.5) is 0 Å². The summed E-state index contributed by atoms with van der Waals surface area (Å²) in [4.78, 5) is 23.6. The summed E-state index contributed by atoms with van der Waals surface area (Å²) in [7, 11) is 0. The zero-order chi connectivity index (χ0) is 17.9. The van der Waals surface area contributed by atoms with Gasteiger partial charge in [0.25, 0.3) is 5.91 Å². The summed E-state index contributed by atoms with van der Waals surface area (Å²) in [6.45, 7) is 2.07. The molecule has 0 spiro atoms. The highest BCUT2D eigenvalue weighted by atomic mass is 16.2. The van der Waals surface area contributed by atoms with Crippen molar-refractivity contribution >= 4 is 17.1 Å². The Kier molecular flexibility index (Phi) is 4.67. The molecule has 1 aliphatic rings. The molecule has 2 aromatic heterocycles. The van der Waals surface area contributed by atoms with Crippen LogP contribution in [0.1, 0.15) is 35.2 Å². The highest BCUT2D eigenvalue weighted by Crippen LogP contribution is 2.17. The SMILES string of the molecule is NC1CCCCN(C(=O)c2cnc3c(c2)ncn3Cc2ccccc2)C1. The summed E-state index contributed by atoms with van der Waals surface area (Å²) >= 11 is 0. The third kappa shape index (κ3) is 3.46. The van der Waals surface area contributed by atoms with Gasteiger partial charge in [-0.3, -0.25) is 4.79 Å². The van der Waals surface area contributed by atoms with Crippen LogP contribution in [0.15, 0.2) is 48.9 Å². The van der Waals surface area contributed by atoms with E-state index in [1.165, 1.54) is 5.56 Å². The van der Waals surface area contributed by atoms with Gasteiger partial charge >= 0.3 is 0 Å². The third-order valence-electron chi connectivity index (χ3n) is 4.89. The molecule has 3 heterocycles. The van der Waals surface area contributed by atoms with Gasteiger partial charge in [-0.15, -0.1) is 0 Å². The van der Waals surface area contributed by atoms with E-state index in [4.69, 9.17) is 5.73 Å². The van der Waals surface area contributed by atoms with Crippen molar-refractivity contribution in [1.29, 1.82) is 0 Å². The van der Waals surface area contributed by atoms with Crippen LogP contribution in [-0.4, -0.2) is 44.5 Å². The van der Waals surface area contributed by atoms with Crippen molar-refractivity contribution in [2.75, 3.05) is 13.1 Å². The second kappa shape index (κ2) is 7.25. The number of amides is 1. The first kappa shape index (κ1) is 16.7. The molecule has 2 N–H and O–H groups in total. The minimum absolute atomic E-state index is 0.00522. The fourth-order valence-electron chi connectivity index (χ4n) is 3.50. The molecule has 0 saturated carbocycles. The molecular formula is C20H23N5O. The molecule has 1 aliphatic heterocycles. The van der Waals surface area contributed by atoms with Gasteiger partial charge < -0.3 is 15.2 Å². The van der Waals surface area contributed by atoms with Crippen LogP contribution < -0.4 is 5.73 Å². The van der Waals surface area contributed by atoms with E-state index in [-0.39, 0.29) is 11.9 Å². The van der Waals surface area contributed by atoms with Crippen molar-refractivity contribution in [3.63, 3.8) is 0 Å². The third-order valence-corrected chi connectivity index (χ3v) is 4.89. The molecule has 6 nitrogen and oxygen atoms in total. The van der Waals surface area contributed by atoms with Crippen LogP contribution in [0.25, 0.3) is 11.2 Å². The predicted molar refractivity (Wildman–Crippen MR) is 101 cm³/mol. The first-order chi connectivity index (χ1) is 12.7. The first-order valence-electron chi connectivity index (χ1n) is 9.10. The Morgan fingerprint density at radius 2 is 2.04 bits per heavy atom. The second-order valence-electron chi connectivity index (χ2n) is 6.93. The summed E-state index contributed by atoms with van der Waals surface area (Å²) in [6.07, 6.45) is 6.49. The van der Waals surface area contributed by atoms with Crippen molar-refractivity contribution in [2.24, 2.45) is 5.73 Å². The van der Waals surface area contributed by atoms with Gasteiger partial charge in [0.2, 0.25) is 0 Å². The number of hydrogen-bond donors (Lipinski definition) is 1. The maximum Gasteiger partial charge on any atom is 0.255 e. The van der Waals surface area contributed by atoms with Gasteiger partial charge in [0.05, 0.1) is 18.4 Å². The van der Waals surface area contributed by atoms with Gasteiger partial charge in [-0.1, -0.05) is 36.8 Å². The lowest BCUT2D eigenvalue weighted by Crippen LogP contribution is -2.39. The standard InChI is InChI=1S/C20H23N5O/c21-17-8-4-5-9-24(13-17)20(26)16-10-18-19(22-11-16)25(14-23-18)12-15-6-2-1-3-7-15/h1-3,6-7,10-11,14,17H,4-5,8-9,12-13,21H2. The second-order valence-corrected chi connectivity index (χ2v) is 6.93. The van der Waals surface area contributed by atoms with Gasteiger partial charge in [-0.2, -0.15) is 0 Å². The molecule has 1 saturated heterocycles. The molecule has 1 unspecified atom stereocenters. The lowest BCUT2D eigenvalue weighted by atomic mass is 10.1. The van der Waals surface area contributed by atoms with Crippen molar-refractivity contribution in [1.82, 2.24) is 19.4 Å². The van der Waals surface area contributed by atoms with Crippen molar-refractivity contribution in [3.8, 4) is 0 Å². The molecule has 0 aliphatic carbocycles. The molecule has 3 aromatic rings. The minimum atomic E-state index is -0.00522. The van der Waals surface area contributed by atoms with Crippen molar-refractivity contribution < 1.29 is 4.79 Å². The Morgan fingerprint density at radius 1 is 1.19 bits per heavy atom. The molecule has 1 atom stereocenters. The van der Waals surface area contributed by atoms with Gasteiger partial charge in [0.15, 0.2) is 5.65 Å². The smallest absolute Gasteiger partial charge is 0.255 e. The fraction of sp³-hybridized carbons (Fsp3) is 0.350. The predicted octanol–water partition coefficient (Wildman–Crippen LogP) is 2.43. The Labute approximate surface area is 152 Å². The summed E-state index contributed by atoms with van der Waals surface area (Å²) in [6, 6.07) is 12.1. The number of fused-ring (bicyclic) bond motifs is 1. The number of aromatic nitrogens is 3. The highest BCUT2D eigenvalue weighted by Gasteiger charge is 2.22.